The predicted octanol–water partition coefficient (Wildman–Crippen LogP) is 1.78. The standard InChI is InChI=1S/C15H18N2O2/c1-16-9-7-11-4-2-6-13(14(11)16)15(19)17-8-3-5-12(18)10-17/h2,4,6-7,9,12,18H,3,5,8,10H2,1H3. The molecular formula is C15H18N2O2. The zero-order chi connectivity index (χ0) is 13.4. The first kappa shape index (κ1) is 12.2. The van der Waals surface area contributed by atoms with Crippen molar-refractivity contribution in [2.75, 3.05) is 13.1 Å². The topological polar surface area (TPSA) is 45.5 Å². The number of benzene rings is 1. The zero-order valence-corrected chi connectivity index (χ0v) is 11.0. The van der Waals surface area contributed by atoms with E-state index in [1.807, 2.05) is 42.1 Å². The molecule has 1 aliphatic heterocycles. The van der Waals surface area contributed by atoms with Gasteiger partial charge in [-0.1, -0.05) is 12.1 Å². The lowest BCUT2D eigenvalue weighted by atomic mass is 10.1. The second-order valence-corrected chi connectivity index (χ2v) is 5.22. The molecule has 1 N–H and O–H groups in total. The number of para-hydroxylation sites is 1. The average molecular weight is 258 g/mol. The number of hydrogen-bond acceptors (Lipinski definition) is 2. The quantitative estimate of drug-likeness (QED) is 0.847. The van der Waals surface area contributed by atoms with Gasteiger partial charge in [-0.15, -0.1) is 0 Å². The Kier molecular flexibility index (Phi) is 3.03. The second-order valence-electron chi connectivity index (χ2n) is 5.22. The Balaban J connectivity index is 1.99. The number of rotatable bonds is 1. The third-order valence-electron chi connectivity index (χ3n) is 3.81. The minimum atomic E-state index is -0.384. The summed E-state index contributed by atoms with van der Waals surface area (Å²) >= 11 is 0. The summed E-state index contributed by atoms with van der Waals surface area (Å²) in [4.78, 5) is 14.4. The highest BCUT2D eigenvalue weighted by atomic mass is 16.3. The number of fused-ring (bicyclic) bond motifs is 1. The molecule has 19 heavy (non-hydrogen) atoms. The maximum absolute atomic E-state index is 12.6. The van der Waals surface area contributed by atoms with Gasteiger partial charge in [-0.25, -0.2) is 0 Å². The first-order chi connectivity index (χ1) is 9.16. The predicted molar refractivity (Wildman–Crippen MR) is 74.1 cm³/mol. The monoisotopic (exact) mass is 258 g/mol. The normalized spacial score (nSPS) is 19.9. The van der Waals surface area contributed by atoms with Crippen molar-refractivity contribution in [3.63, 3.8) is 0 Å². The molecule has 0 radical (unpaired) electrons. The highest BCUT2D eigenvalue weighted by Crippen LogP contribution is 2.22. The number of aliphatic hydroxyl groups excluding tert-OH is 1. The lowest BCUT2D eigenvalue weighted by Gasteiger charge is -2.30. The van der Waals surface area contributed by atoms with Crippen molar-refractivity contribution in [1.29, 1.82) is 0 Å². The second kappa shape index (κ2) is 4.70. The van der Waals surface area contributed by atoms with Gasteiger partial charge >= 0.3 is 0 Å². The molecule has 4 heteroatoms. The number of aliphatic hydroxyl groups is 1. The van der Waals surface area contributed by atoms with Crippen LogP contribution in [-0.4, -0.2) is 39.7 Å². The Morgan fingerprint density at radius 2 is 2.21 bits per heavy atom. The van der Waals surface area contributed by atoms with Gasteiger partial charge in [-0.05, 0) is 25.0 Å². The minimum absolute atomic E-state index is 0.0196. The van der Waals surface area contributed by atoms with Crippen LogP contribution in [0, 0.1) is 0 Å². The van der Waals surface area contributed by atoms with Crippen LogP contribution in [0.25, 0.3) is 10.9 Å². The van der Waals surface area contributed by atoms with Crippen LogP contribution in [0.2, 0.25) is 0 Å². The molecule has 1 unspecified atom stereocenters. The fourth-order valence-electron chi connectivity index (χ4n) is 2.84. The Labute approximate surface area is 112 Å². The number of aryl methyl sites for hydroxylation is 1. The van der Waals surface area contributed by atoms with Crippen LogP contribution in [-0.2, 0) is 7.05 Å². The number of aromatic nitrogens is 1. The largest absolute Gasteiger partial charge is 0.391 e. The maximum Gasteiger partial charge on any atom is 0.256 e. The molecule has 0 aliphatic carbocycles. The van der Waals surface area contributed by atoms with Gasteiger partial charge < -0.3 is 14.6 Å². The molecule has 3 rings (SSSR count). The van der Waals surface area contributed by atoms with Crippen LogP contribution in [0.4, 0.5) is 0 Å². The molecule has 1 saturated heterocycles. The van der Waals surface area contributed by atoms with Crippen molar-refractivity contribution >= 4 is 16.8 Å². The molecule has 4 nitrogen and oxygen atoms in total. The number of piperidine rings is 1. The van der Waals surface area contributed by atoms with Gasteiger partial charge in [0.15, 0.2) is 0 Å². The summed E-state index contributed by atoms with van der Waals surface area (Å²) in [5.74, 6) is 0.0196. The maximum atomic E-state index is 12.6. The number of carbonyl (C=O) groups excluding carboxylic acids is 1. The van der Waals surface area contributed by atoms with Crippen LogP contribution in [0.5, 0.6) is 0 Å². The Morgan fingerprint density at radius 3 is 3.00 bits per heavy atom. The third kappa shape index (κ3) is 2.12. The summed E-state index contributed by atoms with van der Waals surface area (Å²) < 4.78 is 1.98. The number of amides is 1. The number of hydrogen-bond donors (Lipinski definition) is 1. The first-order valence-electron chi connectivity index (χ1n) is 6.68. The van der Waals surface area contributed by atoms with E-state index in [4.69, 9.17) is 0 Å². The fraction of sp³-hybridized carbons (Fsp3) is 0.400. The zero-order valence-electron chi connectivity index (χ0n) is 11.0. The molecule has 100 valence electrons. The molecule has 1 aromatic heterocycles. The van der Waals surface area contributed by atoms with E-state index in [0.717, 1.165) is 35.9 Å². The van der Waals surface area contributed by atoms with Gasteiger partial charge in [0.25, 0.3) is 5.91 Å². The summed E-state index contributed by atoms with van der Waals surface area (Å²) in [6.45, 7) is 1.18. The van der Waals surface area contributed by atoms with Crippen molar-refractivity contribution in [1.82, 2.24) is 9.47 Å². The van der Waals surface area contributed by atoms with Crippen molar-refractivity contribution in [3.05, 3.63) is 36.0 Å². The van der Waals surface area contributed by atoms with Gasteiger partial charge in [0.1, 0.15) is 0 Å². The summed E-state index contributed by atoms with van der Waals surface area (Å²) in [5.41, 5.74) is 1.69. The van der Waals surface area contributed by atoms with Crippen molar-refractivity contribution < 1.29 is 9.90 Å². The van der Waals surface area contributed by atoms with E-state index in [1.165, 1.54) is 0 Å². The number of β-amino-alcohol motifs (C(OH)–C–C–N with tert-alkyl or cyclic N) is 1. The Morgan fingerprint density at radius 1 is 1.37 bits per heavy atom. The molecule has 1 fully saturated rings. The summed E-state index contributed by atoms with van der Waals surface area (Å²) in [6, 6.07) is 7.80. The van der Waals surface area contributed by atoms with E-state index in [-0.39, 0.29) is 12.0 Å². The van der Waals surface area contributed by atoms with Gasteiger partial charge in [0.2, 0.25) is 0 Å². The van der Waals surface area contributed by atoms with Crippen molar-refractivity contribution in [2.24, 2.45) is 7.05 Å². The number of carbonyl (C=O) groups is 1. The lowest BCUT2D eigenvalue weighted by Crippen LogP contribution is -2.42. The average Bonchev–Trinajstić information content (AvgIpc) is 2.80. The number of likely N-dealkylation sites (tertiary alicyclic amines) is 1. The van der Waals surface area contributed by atoms with Gasteiger partial charge in [-0.2, -0.15) is 0 Å². The van der Waals surface area contributed by atoms with Gasteiger partial charge in [0, 0.05) is 31.7 Å². The molecule has 1 aliphatic rings. The van der Waals surface area contributed by atoms with Crippen LogP contribution in [0.1, 0.15) is 23.2 Å². The van der Waals surface area contributed by atoms with Gasteiger partial charge in [0.05, 0.1) is 17.2 Å². The Hall–Kier alpha value is -1.81. The highest BCUT2D eigenvalue weighted by molar-refractivity contribution is 6.06. The van der Waals surface area contributed by atoms with E-state index in [9.17, 15) is 9.90 Å². The van der Waals surface area contributed by atoms with Crippen LogP contribution in [0.15, 0.2) is 30.5 Å². The first-order valence-corrected chi connectivity index (χ1v) is 6.68. The SMILES string of the molecule is Cn1ccc2cccc(C(=O)N3CCCC(O)C3)c21. The molecular weight excluding hydrogens is 240 g/mol. The molecule has 1 aromatic carbocycles. The van der Waals surface area contributed by atoms with Crippen LogP contribution in [0.3, 0.4) is 0 Å². The Bertz CT molecular complexity index is 618. The van der Waals surface area contributed by atoms with Crippen LogP contribution < -0.4 is 0 Å². The molecule has 1 amide bonds. The third-order valence-corrected chi connectivity index (χ3v) is 3.81. The molecule has 2 heterocycles. The number of nitrogens with zero attached hydrogens (tertiary/aromatic N) is 2. The minimum Gasteiger partial charge on any atom is -0.391 e. The van der Waals surface area contributed by atoms with Crippen molar-refractivity contribution in [3.8, 4) is 0 Å². The molecule has 0 spiro atoms. The molecule has 2 aromatic rings. The summed E-state index contributed by atoms with van der Waals surface area (Å²) in [5, 5.41) is 10.8. The summed E-state index contributed by atoms with van der Waals surface area (Å²) in [6.07, 6.45) is 3.24. The van der Waals surface area contributed by atoms with Crippen molar-refractivity contribution in [2.45, 2.75) is 18.9 Å². The van der Waals surface area contributed by atoms with E-state index in [0.29, 0.717) is 6.54 Å². The highest BCUT2D eigenvalue weighted by Gasteiger charge is 2.24. The fourth-order valence-corrected chi connectivity index (χ4v) is 2.84. The van der Waals surface area contributed by atoms with E-state index in [1.54, 1.807) is 4.90 Å². The lowest BCUT2D eigenvalue weighted by molar-refractivity contribution is 0.0475. The smallest absolute Gasteiger partial charge is 0.256 e. The summed E-state index contributed by atoms with van der Waals surface area (Å²) in [7, 11) is 1.95. The molecule has 0 bridgehead atoms. The molecule has 1 atom stereocenters. The van der Waals surface area contributed by atoms with Crippen LogP contribution >= 0.6 is 0 Å². The van der Waals surface area contributed by atoms with E-state index >= 15 is 0 Å². The molecule has 0 saturated carbocycles. The van der Waals surface area contributed by atoms with Gasteiger partial charge in [-0.3, -0.25) is 4.79 Å². The van der Waals surface area contributed by atoms with E-state index in [2.05, 4.69) is 0 Å². The van der Waals surface area contributed by atoms with E-state index < -0.39 is 0 Å².